The van der Waals surface area contributed by atoms with Gasteiger partial charge in [0.1, 0.15) is 6.61 Å². The van der Waals surface area contributed by atoms with Gasteiger partial charge in [-0.1, -0.05) is 17.7 Å². The number of aromatic nitrogens is 1. The molecule has 0 radical (unpaired) electrons. The Morgan fingerprint density at radius 2 is 2.12 bits per heavy atom. The lowest BCUT2D eigenvalue weighted by Crippen LogP contribution is -1.99. The minimum Gasteiger partial charge on any atom is -0.484 e. The minimum absolute atomic E-state index is 0.176. The van der Waals surface area contributed by atoms with Crippen molar-refractivity contribution in [2.24, 2.45) is 0 Å². The number of nitrogens with zero attached hydrogens (tertiary/aromatic N) is 1. The van der Waals surface area contributed by atoms with Gasteiger partial charge in [-0.05, 0) is 30.3 Å². The van der Waals surface area contributed by atoms with Crippen LogP contribution in [0.4, 0.5) is 4.39 Å². The van der Waals surface area contributed by atoms with E-state index in [-0.39, 0.29) is 12.4 Å². The maximum atomic E-state index is 13.3. The molecule has 1 aromatic heterocycles. The third-order valence-electron chi connectivity index (χ3n) is 2.00. The first-order valence-electron chi connectivity index (χ1n) is 4.73. The first-order chi connectivity index (χ1) is 7.75. The molecule has 0 bridgehead atoms. The summed E-state index contributed by atoms with van der Waals surface area (Å²) in [6.45, 7) is 0.236. The number of pyridine rings is 1. The summed E-state index contributed by atoms with van der Waals surface area (Å²) in [6, 6.07) is 9.78. The zero-order valence-electron chi connectivity index (χ0n) is 8.36. The van der Waals surface area contributed by atoms with E-state index in [2.05, 4.69) is 4.98 Å². The highest BCUT2D eigenvalue weighted by atomic mass is 35.5. The SMILES string of the molecule is Fc1cc(Cl)ccc1OCc1ccccn1. The molecule has 1 heterocycles. The Morgan fingerprint density at radius 3 is 2.81 bits per heavy atom. The monoisotopic (exact) mass is 237 g/mol. The molecular weight excluding hydrogens is 229 g/mol. The number of rotatable bonds is 3. The Hall–Kier alpha value is -1.61. The summed E-state index contributed by atoms with van der Waals surface area (Å²) in [5, 5.41) is 0.350. The van der Waals surface area contributed by atoms with Crippen molar-refractivity contribution >= 4 is 11.6 Å². The van der Waals surface area contributed by atoms with Gasteiger partial charge in [-0.2, -0.15) is 0 Å². The molecule has 2 rings (SSSR count). The van der Waals surface area contributed by atoms with Crippen LogP contribution in [0.25, 0.3) is 0 Å². The number of benzene rings is 1. The van der Waals surface area contributed by atoms with Gasteiger partial charge < -0.3 is 4.74 Å². The van der Waals surface area contributed by atoms with Crippen molar-refractivity contribution in [3.05, 3.63) is 59.1 Å². The summed E-state index contributed by atoms with van der Waals surface area (Å²) >= 11 is 5.63. The van der Waals surface area contributed by atoms with Crippen LogP contribution in [0.3, 0.4) is 0 Å². The van der Waals surface area contributed by atoms with Crippen molar-refractivity contribution in [2.45, 2.75) is 6.61 Å². The molecule has 2 aromatic rings. The van der Waals surface area contributed by atoms with Gasteiger partial charge in [0.25, 0.3) is 0 Å². The molecule has 0 saturated heterocycles. The Morgan fingerprint density at radius 1 is 1.25 bits per heavy atom. The lowest BCUT2D eigenvalue weighted by atomic mass is 10.3. The Bertz CT molecular complexity index is 476. The average molecular weight is 238 g/mol. The molecule has 0 saturated carbocycles. The Balaban J connectivity index is 2.05. The molecule has 2 nitrogen and oxygen atoms in total. The fourth-order valence-corrected chi connectivity index (χ4v) is 1.39. The Labute approximate surface area is 97.7 Å². The molecule has 0 aliphatic carbocycles. The van der Waals surface area contributed by atoms with Crippen molar-refractivity contribution in [2.75, 3.05) is 0 Å². The van der Waals surface area contributed by atoms with Gasteiger partial charge in [-0.25, -0.2) is 4.39 Å². The molecule has 0 aliphatic rings. The lowest BCUT2D eigenvalue weighted by Gasteiger charge is -2.06. The maximum absolute atomic E-state index is 13.3. The van der Waals surface area contributed by atoms with E-state index in [0.717, 1.165) is 5.69 Å². The van der Waals surface area contributed by atoms with E-state index in [4.69, 9.17) is 16.3 Å². The highest BCUT2D eigenvalue weighted by Crippen LogP contribution is 2.21. The third kappa shape index (κ3) is 2.70. The van der Waals surface area contributed by atoms with Crippen LogP contribution in [-0.4, -0.2) is 4.98 Å². The highest BCUT2D eigenvalue weighted by Gasteiger charge is 2.04. The molecule has 1 aromatic carbocycles. The average Bonchev–Trinajstić information content (AvgIpc) is 2.29. The maximum Gasteiger partial charge on any atom is 0.166 e. The second-order valence-electron chi connectivity index (χ2n) is 3.18. The van der Waals surface area contributed by atoms with Crippen LogP contribution in [-0.2, 0) is 6.61 Å². The minimum atomic E-state index is -0.469. The highest BCUT2D eigenvalue weighted by molar-refractivity contribution is 6.30. The molecule has 0 atom stereocenters. The third-order valence-corrected chi connectivity index (χ3v) is 2.23. The molecule has 16 heavy (non-hydrogen) atoms. The van der Waals surface area contributed by atoms with Crippen molar-refractivity contribution in [1.82, 2.24) is 4.98 Å². The summed E-state index contributed by atoms with van der Waals surface area (Å²) in [6.07, 6.45) is 1.66. The quantitative estimate of drug-likeness (QED) is 0.816. The summed E-state index contributed by atoms with van der Waals surface area (Å²) < 4.78 is 18.6. The first-order valence-corrected chi connectivity index (χ1v) is 5.11. The van der Waals surface area contributed by atoms with Crippen LogP contribution >= 0.6 is 11.6 Å². The summed E-state index contributed by atoms with van der Waals surface area (Å²) in [5.74, 6) is -0.293. The smallest absolute Gasteiger partial charge is 0.166 e. The molecule has 0 spiro atoms. The van der Waals surface area contributed by atoms with E-state index >= 15 is 0 Å². The molecule has 0 aliphatic heterocycles. The van der Waals surface area contributed by atoms with Crippen LogP contribution < -0.4 is 4.74 Å². The summed E-state index contributed by atoms with van der Waals surface area (Å²) in [7, 11) is 0. The number of hydrogen-bond acceptors (Lipinski definition) is 2. The second-order valence-corrected chi connectivity index (χ2v) is 3.62. The standard InChI is InChI=1S/C12H9ClFNO/c13-9-4-5-12(11(14)7-9)16-8-10-3-1-2-6-15-10/h1-7H,8H2. The van der Waals surface area contributed by atoms with E-state index in [1.165, 1.54) is 12.1 Å². The van der Waals surface area contributed by atoms with E-state index in [9.17, 15) is 4.39 Å². The fraction of sp³-hybridized carbons (Fsp3) is 0.0833. The van der Waals surface area contributed by atoms with Crippen LogP contribution in [0.1, 0.15) is 5.69 Å². The second kappa shape index (κ2) is 4.94. The molecule has 0 fully saturated rings. The van der Waals surface area contributed by atoms with Gasteiger partial charge in [0.15, 0.2) is 11.6 Å². The largest absolute Gasteiger partial charge is 0.484 e. The van der Waals surface area contributed by atoms with Gasteiger partial charge in [0.05, 0.1) is 5.69 Å². The van der Waals surface area contributed by atoms with E-state index in [1.807, 2.05) is 18.2 Å². The van der Waals surface area contributed by atoms with Gasteiger partial charge >= 0.3 is 0 Å². The van der Waals surface area contributed by atoms with Crippen LogP contribution in [0, 0.1) is 5.82 Å². The molecular formula is C12H9ClFNO. The summed E-state index contributed by atoms with van der Waals surface area (Å²) in [4.78, 5) is 4.07. The molecule has 0 N–H and O–H groups in total. The van der Waals surface area contributed by atoms with Crippen molar-refractivity contribution in [1.29, 1.82) is 0 Å². The van der Waals surface area contributed by atoms with Gasteiger partial charge in [0.2, 0.25) is 0 Å². The fourth-order valence-electron chi connectivity index (χ4n) is 1.23. The number of hydrogen-bond donors (Lipinski definition) is 0. The molecule has 0 amide bonds. The Kier molecular flexibility index (Phi) is 3.37. The van der Waals surface area contributed by atoms with Crippen molar-refractivity contribution in [3.63, 3.8) is 0 Å². The first kappa shape index (κ1) is 10.9. The van der Waals surface area contributed by atoms with E-state index < -0.39 is 5.82 Å². The zero-order valence-corrected chi connectivity index (χ0v) is 9.12. The van der Waals surface area contributed by atoms with Gasteiger partial charge in [-0.15, -0.1) is 0 Å². The topological polar surface area (TPSA) is 22.1 Å². The number of ether oxygens (including phenoxy) is 1. The van der Waals surface area contributed by atoms with E-state index in [0.29, 0.717) is 5.02 Å². The van der Waals surface area contributed by atoms with Crippen molar-refractivity contribution < 1.29 is 9.13 Å². The predicted molar refractivity (Wildman–Crippen MR) is 60.0 cm³/mol. The van der Waals surface area contributed by atoms with Crippen LogP contribution in [0.2, 0.25) is 5.02 Å². The van der Waals surface area contributed by atoms with Gasteiger partial charge in [0, 0.05) is 11.2 Å². The van der Waals surface area contributed by atoms with Crippen molar-refractivity contribution in [3.8, 4) is 5.75 Å². The molecule has 82 valence electrons. The van der Waals surface area contributed by atoms with Crippen LogP contribution in [0.5, 0.6) is 5.75 Å². The number of halogens is 2. The summed E-state index contributed by atoms with van der Waals surface area (Å²) in [5.41, 5.74) is 0.747. The molecule has 0 unspecified atom stereocenters. The lowest BCUT2D eigenvalue weighted by molar-refractivity contribution is 0.286. The normalized spacial score (nSPS) is 10.1. The van der Waals surface area contributed by atoms with E-state index in [1.54, 1.807) is 12.3 Å². The van der Waals surface area contributed by atoms with Gasteiger partial charge in [-0.3, -0.25) is 4.98 Å². The molecule has 4 heteroatoms. The predicted octanol–water partition coefficient (Wildman–Crippen LogP) is 3.45. The van der Waals surface area contributed by atoms with Crippen LogP contribution in [0.15, 0.2) is 42.6 Å². The zero-order chi connectivity index (χ0) is 11.4.